The predicted molar refractivity (Wildman–Crippen MR) is 96.0 cm³/mol. The van der Waals surface area contributed by atoms with Crippen molar-refractivity contribution >= 4 is 28.4 Å². The van der Waals surface area contributed by atoms with E-state index in [1.54, 1.807) is 6.20 Å². The fraction of sp³-hybridized carbons (Fsp3) is 0.150. The first-order valence-corrected chi connectivity index (χ1v) is 8.21. The Kier molecular flexibility index (Phi) is 3.90. The van der Waals surface area contributed by atoms with Crippen LogP contribution < -0.4 is 10.6 Å². The summed E-state index contributed by atoms with van der Waals surface area (Å²) in [5, 5.41) is 6.81. The minimum Gasteiger partial charge on any atom is -0.351 e. The van der Waals surface area contributed by atoms with Gasteiger partial charge in [-0.2, -0.15) is 0 Å². The van der Waals surface area contributed by atoms with E-state index in [-0.39, 0.29) is 18.2 Å². The summed E-state index contributed by atoms with van der Waals surface area (Å²) < 4.78 is 0. The van der Waals surface area contributed by atoms with Crippen molar-refractivity contribution in [2.75, 3.05) is 5.32 Å². The smallest absolute Gasteiger partial charge is 0.228 e. The second-order valence-electron chi connectivity index (χ2n) is 6.10. The molecule has 1 aromatic heterocycles. The van der Waals surface area contributed by atoms with E-state index in [4.69, 9.17) is 0 Å². The van der Waals surface area contributed by atoms with Crippen molar-refractivity contribution in [1.82, 2.24) is 10.3 Å². The van der Waals surface area contributed by atoms with E-state index in [1.165, 1.54) is 0 Å². The molecule has 0 unspecified atom stereocenters. The third-order valence-corrected chi connectivity index (χ3v) is 4.51. The van der Waals surface area contributed by atoms with Crippen LogP contribution >= 0.6 is 0 Å². The Morgan fingerprint density at radius 1 is 1.12 bits per heavy atom. The Bertz CT molecular complexity index is 963. The molecule has 2 aromatic carbocycles. The molecule has 0 fully saturated rings. The molecule has 0 saturated heterocycles. The van der Waals surface area contributed by atoms with Crippen LogP contribution in [0.3, 0.4) is 0 Å². The van der Waals surface area contributed by atoms with Crippen LogP contribution in [0, 0.1) is 0 Å². The molecule has 0 saturated carbocycles. The number of aromatic nitrogens is 1. The monoisotopic (exact) mass is 331 g/mol. The molecule has 1 aliphatic heterocycles. The highest BCUT2D eigenvalue weighted by Gasteiger charge is 2.30. The van der Waals surface area contributed by atoms with Crippen molar-refractivity contribution in [2.45, 2.75) is 18.9 Å². The molecule has 124 valence electrons. The summed E-state index contributed by atoms with van der Waals surface area (Å²) in [4.78, 5) is 28.9. The zero-order chi connectivity index (χ0) is 17.2. The summed E-state index contributed by atoms with van der Waals surface area (Å²) in [6.45, 7) is 0.405. The van der Waals surface area contributed by atoms with Crippen LogP contribution in [0.5, 0.6) is 0 Å². The van der Waals surface area contributed by atoms with Gasteiger partial charge in [0.1, 0.15) is 0 Å². The van der Waals surface area contributed by atoms with Crippen LogP contribution in [0.25, 0.3) is 10.9 Å². The normalized spacial score (nSPS) is 16.2. The van der Waals surface area contributed by atoms with Gasteiger partial charge in [-0.15, -0.1) is 0 Å². The maximum absolute atomic E-state index is 12.7. The van der Waals surface area contributed by atoms with Gasteiger partial charge in [0.2, 0.25) is 11.8 Å². The Morgan fingerprint density at radius 2 is 1.92 bits per heavy atom. The lowest BCUT2D eigenvalue weighted by molar-refractivity contribution is -0.126. The maximum atomic E-state index is 12.7. The summed E-state index contributed by atoms with van der Waals surface area (Å²) in [5.74, 6) is -0.727. The molecule has 1 atom stereocenters. The molecule has 1 aliphatic rings. The minimum atomic E-state index is -0.460. The molecule has 3 aromatic rings. The van der Waals surface area contributed by atoms with Crippen LogP contribution in [0.4, 0.5) is 5.69 Å². The van der Waals surface area contributed by atoms with Gasteiger partial charge in [-0.3, -0.25) is 14.6 Å². The summed E-state index contributed by atoms with van der Waals surface area (Å²) in [5.41, 5.74) is 3.48. The van der Waals surface area contributed by atoms with Crippen LogP contribution in [0.1, 0.15) is 23.5 Å². The number of amides is 2. The molecule has 0 aliphatic carbocycles. The third kappa shape index (κ3) is 2.96. The second kappa shape index (κ2) is 6.36. The fourth-order valence-electron chi connectivity index (χ4n) is 3.26. The number of fused-ring (bicyclic) bond motifs is 2. The quantitative estimate of drug-likeness (QED) is 0.775. The molecule has 4 rings (SSSR count). The van der Waals surface area contributed by atoms with Crippen molar-refractivity contribution in [2.24, 2.45) is 0 Å². The van der Waals surface area contributed by atoms with Gasteiger partial charge in [-0.05, 0) is 29.3 Å². The first kappa shape index (κ1) is 15.3. The second-order valence-corrected chi connectivity index (χ2v) is 6.10. The summed E-state index contributed by atoms with van der Waals surface area (Å²) in [7, 11) is 0. The van der Waals surface area contributed by atoms with Crippen molar-refractivity contribution in [3.8, 4) is 0 Å². The van der Waals surface area contributed by atoms with Gasteiger partial charge in [0, 0.05) is 30.2 Å². The van der Waals surface area contributed by atoms with Crippen LogP contribution in [0.2, 0.25) is 0 Å². The van der Waals surface area contributed by atoms with Gasteiger partial charge in [-0.25, -0.2) is 0 Å². The van der Waals surface area contributed by atoms with E-state index in [0.717, 1.165) is 22.0 Å². The van der Waals surface area contributed by atoms with Crippen LogP contribution in [-0.4, -0.2) is 16.8 Å². The zero-order valence-corrected chi connectivity index (χ0v) is 13.5. The molecule has 0 bridgehead atoms. The highest BCUT2D eigenvalue weighted by atomic mass is 16.2. The highest BCUT2D eigenvalue weighted by Crippen LogP contribution is 2.32. The van der Waals surface area contributed by atoms with Gasteiger partial charge < -0.3 is 10.6 Å². The molecular formula is C20H17N3O2. The van der Waals surface area contributed by atoms with Gasteiger partial charge in [0.05, 0.1) is 11.4 Å². The number of pyridine rings is 1. The van der Waals surface area contributed by atoms with Gasteiger partial charge in [-0.1, -0.05) is 36.4 Å². The summed E-state index contributed by atoms with van der Waals surface area (Å²) in [6, 6.07) is 17.2. The Morgan fingerprint density at radius 3 is 2.84 bits per heavy atom. The molecule has 0 radical (unpaired) electrons. The lowest BCUT2D eigenvalue weighted by Gasteiger charge is -2.24. The number of hydrogen-bond acceptors (Lipinski definition) is 3. The number of benzene rings is 2. The van der Waals surface area contributed by atoms with Crippen molar-refractivity contribution in [1.29, 1.82) is 0 Å². The van der Waals surface area contributed by atoms with Gasteiger partial charge in [0.15, 0.2) is 0 Å². The Balaban J connectivity index is 1.56. The van der Waals surface area contributed by atoms with E-state index in [9.17, 15) is 9.59 Å². The molecule has 5 nitrogen and oxygen atoms in total. The highest BCUT2D eigenvalue weighted by molar-refractivity contribution is 6.01. The van der Waals surface area contributed by atoms with E-state index in [1.807, 2.05) is 54.6 Å². The van der Waals surface area contributed by atoms with Crippen molar-refractivity contribution in [3.05, 3.63) is 71.9 Å². The number of hydrogen-bond donors (Lipinski definition) is 2. The number of rotatable bonds is 3. The van der Waals surface area contributed by atoms with Crippen molar-refractivity contribution in [3.63, 3.8) is 0 Å². The van der Waals surface area contributed by atoms with E-state index >= 15 is 0 Å². The van der Waals surface area contributed by atoms with E-state index in [2.05, 4.69) is 15.6 Å². The molecular weight excluding hydrogens is 314 g/mol. The van der Waals surface area contributed by atoms with E-state index < -0.39 is 5.92 Å². The maximum Gasteiger partial charge on any atom is 0.228 e. The average Bonchev–Trinajstić information content (AvgIpc) is 2.65. The number of nitrogens with one attached hydrogen (secondary N) is 2. The molecule has 25 heavy (non-hydrogen) atoms. The summed E-state index contributed by atoms with van der Waals surface area (Å²) >= 11 is 0. The number of para-hydroxylation sites is 2. The molecule has 2 amide bonds. The fourth-order valence-corrected chi connectivity index (χ4v) is 3.26. The molecule has 2 heterocycles. The number of anilines is 1. The van der Waals surface area contributed by atoms with Crippen LogP contribution in [-0.2, 0) is 16.1 Å². The first-order valence-electron chi connectivity index (χ1n) is 8.21. The SMILES string of the molecule is O=C1C[C@H](C(=O)NCc2ccnc3ccccc23)c2ccccc2N1. The van der Waals surface area contributed by atoms with Gasteiger partial charge in [0.25, 0.3) is 0 Å². The minimum absolute atomic E-state index is 0.131. The lowest BCUT2D eigenvalue weighted by atomic mass is 9.90. The molecule has 2 N–H and O–H groups in total. The Hall–Kier alpha value is -3.21. The third-order valence-electron chi connectivity index (χ3n) is 4.51. The number of carbonyl (C=O) groups is 2. The zero-order valence-electron chi connectivity index (χ0n) is 13.5. The van der Waals surface area contributed by atoms with E-state index in [0.29, 0.717) is 12.2 Å². The standard InChI is InChI=1S/C20H17N3O2/c24-19-11-16(15-6-2-4-8-18(15)23-19)20(25)22-12-13-9-10-21-17-7-3-1-5-14(13)17/h1-10,16H,11-12H2,(H,22,25)(H,23,24)/t16-/m0/s1. The molecule has 5 heteroatoms. The average molecular weight is 331 g/mol. The lowest BCUT2D eigenvalue weighted by Crippen LogP contribution is -2.34. The largest absolute Gasteiger partial charge is 0.351 e. The number of nitrogens with zero attached hydrogens (tertiary/aromatic N) is 1. The topological polar surface area (TPSA) is 71.1 Å². The molecule has 0 spiro atoms. The van der Waals surface area contributed by atoms with Crippen molar-refractivity contribution < 1.29 is 9.59 Å². The summed E-state index contributed by atoms with van der Waals surface area (Å²) in [6.07, 6.45) is 1.91. The first-order chi connectivity index (χ1) is 12.2. The van der Waals surface area contributed by atoms with Gasteiger partial charge >= 0.3 is 0 Å². The predicted octanol–water partition coefficient (Wildman–Crippen LogP) is 2.98. The Labute approximate surface area is 145 Å². The van der Waals surface area contributed by atoms with Crippen LogP contribution in [0.15, 0.2) is 60.8 Å². The number of carbonyl (C=O) groups excluding carboxylic acids is 2.